The minimum atomic E-state index is -4.60. The number of amides is 3. The van der Waals surface area contributed by atoms with Gasteiger partial charge in [0, 0.05) is 36.2 Å². The van der Waals surface area contributed by atoms with E-state index in [-0.39, 0.29) is 42.8 Å². The number of hydrogen-bond acceptors (Lipinski definition) is 5. The van der Waals surface area contributed by atoms with E-state index in [2.05, 4.69) is 15.6 Å². The number of benzene rings is 2. The van der Waals surface area contributed by atoms with Crippen LogP contribution in [0.4, 0.5) is 13.2 Å². The number of halogens is 3. The van der Waals surface area contributed by atoms with E-state index in [0.717, 1.165) is 17.7 Å². The van der Waals surface area contributed by atoms with Crippen LogP contribution in [-0.4, -0.2) is 47.4 Å². The van der Waals surface area contributed by atoms with Gasteiger partial charge >= 0.3 is 12.1 Å². The van der Waals surface area contributed by atoms with E-state index in [9.17, 15) is 32.3 Å². The molecule has 2 aromatic carbocycles. The van der Waals surface area contributed by atoms with Gasteiger partial charge in [-0.05, 0) is 37.1 Å². The molecule has 5 N–H and O–H groups in total. The van der Waals surface area contributed by atoms with Crippen molar-refractivity contribution in [3.8, 4) is 11.3 Å². The second kappa shape index (κ2) is 14.7. The fraction of sp³-hybridized carbons (Fsp3) is 0.267. The lowest BCUT2D eigenvalue weighted by Gasteiger charge is -2.22. The Morgan fingerprint density at radius 3 is 2.33 bits per heavy atom. The third-order valence-electron chi connectivity index (χ3n) is 6.14. The van der Waals surface area contributed by atoms with Crippen molar-refractivity contribution >= 4 is 23.7 Å². The predicted octanol–water partition coefficient (Wildman–Crippen LogP) is 3.91. The first-order valence-corrected chi connectivity index (χ1v) is 13.1. The normalized spacial score (nSPS) is 12.9. The van der Waals surface area contributed by atoms with E-state index in [0.29, 0.717) is 0 Å². The van der Waals surface area contributed by atoms with Gasteiger partial charge < -0.3 is 26.1 Å². The van der Waals surface area contributed by atoms with Gasteiger partial charge in [-0.2, -0.15) is 13.2 Å². The van der Waals surface area contributed by atoms with E-state index in [1.54, 1.807) is 37.3 Å². The number of H-pyrrole nitrogens is 1. The van der Waals surface area contributed by atoms with Crippen LogP contribution in [0.25, 0.3) is 11.3 Å². The monoisotopic (exact) mass is 584 g/mol. The van der Waals surface area contributed by atoms with E-state index in [4.69, 9.17) is 10.5 Å². The van der Waals surface area contributed by atoms with Gasteiger partial charge in [0.05, 0.1) is 12.2 Å². The van der Waals surface area contributed by atoms with Crippen LogP contribution in [0.5, 0.6) is 0 Å². The quantitative estimate of drug-likeness (QED) is 0.178. The Morgan fingerprint density at radius 1 is 0.976 bits per heavy atom. The Morgan fingerprint density at radius 2 is 1.67 bits per heavy atom. The summed E-state index contributed by atoms with van der Waals surface area (Å²) in [5, 5.41) is 5.35. The minimum absolute atomic E-state index is 0.0553. The first kappa shape index (κ1) is 31.7. The molecule has 0 radical (unpaired) electrons. The van der Waals surface area contributed by atoms with Gasteiger partial charge in [0.15, 0.2) is 0 Å². The van der Waals surface area contributed by atoms with E-state index in [1.807, 2.05) is 0 Å². The highest BCUT2D eigenvalue weighted by molar-refractivity contribution is 5.97. The average Bonchev–Trinajstić information content (AvgIpc) is 3.45. The summed E-state index contributed by atoms with van der Waals surface area (Å²) < 4.78 is 45.4. The SMILES string of the molecule is CCOC(=O)/C=C/[C@H](CCC(N)=O)NC(=O)[C@H](Cc1ccccc1)NC(=O)c1ccc(-c2ccccc2C(F)(F)F)[nH]1. The molecule has 9 nitrogen and oxygen atoms in total. The first-order chi connectivity index (χ1) is 20.0. The minimum Gasteiger partial charge on any atom is -0.463 e. The van der Waals surface area contributed by atoms with E-state index < -0.39 is 47.5 Å². The van der Waals surface area contributed by atoms with Crippen molar-refractivity contribution in [2.75, 3.05) is 6.61 Å². The molecule has 3 aromatic rings. The number of aromatic nitrogens is 1. The van der Waals surface area contributed by atoms with E-state index in [1.165, 1.54) is 36.4 Å². The molecule has 0 bridgehead atoms. The molecule has 3 amide bonds. The summed E-state index contributed by atoms with van der Waals surface area (Å²) in [6.07, 6.45) is -2.03. The molecule has 1 aromatic heterocycles. The third-order valence-corrected chi connectivity index (χ3v) is 6.14. The predicted molar refractivity (Wildman–Crippen MR) is 149 cm³/mol. The highest BCUT2D eigenvalue weighted by Gasteiger charge is 2.34. The molecular formula is C30H31F3N4O5. The van der Waals surface area contributed by atoms with Gasteiger partial charge in [-0.1, -0.05) is 54.6 Å². The molecule has 12 heteroatoms. The molecule has 0 unspecified atom stereocenters. The molecule has 222 valence electrons. The summed E-state index contributed by atoms with van der Waals surface area (Å²) in [6, 6.07) is 14.6. The third kappa shape index (κ3) is 9.36. The van der Waals surface area contributed by atoms with Gasteiger partial charge in [0.25, 0.3) is 5.91 Å². The summed E-state index contributed by atoms with van der Waals surface area (Å²) in [4.78, 5) is 52.4. The fourth-order valence-electron chi connectivity index (χ4n) is 4.13. The van der Waals surface area contributed by atoms with Crippen molar-refractivity contribution in [3.05, 3.63) is 95.7 Å². The molecule has 0 aliphatic heterocycles. The van der Waals surface area contributed by atoms with Crippen LogP contribution in [0.2, 0.25) is 0 Å². The Hall–Kier alpha value is -4.87. The zero-order valence-corrected chi connectivity index (χ0v) is 22.7. The lowest BCUT2D eigenvalue weighted by molar-refractivity contribution is -0.138. The molecule has 1 heterocycles. The number of alkyl halides is 3. The number of carbonyl (C=O) groups excluding carboxylic acids is 4. The second-order valence-electron chi connectivity index (χ2n) is 9.28. The Labute approximate surface area is 240 Å². The molecule has 0 saturated heterocycles. The van der Waals surface area contributed by atoms with Crippen molar-refractivity contribution in [2.45, 2.75) is 44.4 Å². The summed E-state index contributed by atoms with van der Waals surface area (Å²) in [6.45, 7) is 1.78. The number of rotatable bonds is 13. The topological polar surface area (TPSA) is 143 Å². The van der Waals surface area contributed by atoms with Crippen LogP contribution >= 0.6 is 0 Å². The first-order valence-electron chi connectivity index (χ1n) is 13.1. The van der Waals surface area contributed by atoms with Crippen molar-refractivity contribution in [1.29, 1.82) is 0 Å². The smallest absolute Gasteiger partial charge is 0.417 e. The number of hydrogen-bond donors (Lipinski definition) is 4. The molecule has 42 heavy (non-hydrogen) atoms. The molecule has 0 saturated carbocycles. The van der Waals surface area contributed by atoms with Gasteiger partial charge in [-0.25, -0.2) is 4.79 Å². The molecule has 3 rings (SSSR count). The number of primary amides is 1. The number of ether oxygens (including phenoxy) is 1. The maximum atomic E-state index is 13.5. The van der Waals surface area contributed by atoms with Crippen LogP contribution in [0.1, 0.15) is 41.4 Å². The van der Waals surface area contributed by atoms with Crippen molar-refractivity contribution < 1.29 is 37.1 Å². The number of nitrogens with two attached hydrogens (primary N) is 1. The van der Waals surface area contributed by atoms with Crippen molar-refractivity contribution in [3.63, 3.8) is 0 Å². The molecule has 0 aliphatic carbocycles. The molecular weight excluding hydrogens is 553 g/mol. The molecule has 0 spiro atoms. The lowest BCUT2D eigenvalue weighted by atomic mass is 10.0. The van der Waals surface area contributed by atoms with Gasteiger partial charge in [-0.15, -0.1) is 0 Å². The van der Waals surface area contributed by atoms with Gasteiger partial charge in [-0.3, -0.25) is 14.4 Å². The summed E-state index contributed by atoms with van der Waals surface area (Å²) in [5.74, 6) is -2.59. The standard InChI is InChI=1S/C30H31F3N4O5/c1-2-42-27(39)17-13-20(12-16-26(34)38)35-29(41)25(18-19-8-4-3-5-9-19)37-28(40)24-15-14-23(36-24)21-10-6-7-11-22(21)30(31,32)33/h3-11,13-15,17,20,25,36H,2,12,16,18H2,1H3,(H2,34,38)(H,35,41)(H,37,40)/b17-13+/t20-,25-/m0/s1. The zero-order valence-electron chi connectivity index (χ0n) is 22.7. The van der Waals surface area contributed by atoms with Crippen molar-refractivity contribution in [1.82, 2.24) is 15.6 Å². The summed E-state index contributed by atoms with van der Waals surface area (Å²) in [7, 11) is 0. The van der Waals surface area contributed by atoms with Crippen molar-refractivity contribution in [2.24, 2.45) is 5.73 Å². The van der Waals surface area contributed by atoms with Gasteiger partial charge in [0.1, 0.15) is 11.7 Å². The number of esters is 1. The largest absolute Gasteiger partial charge is 0.463 e. The highest BCUT2D eigenvalue weighted by Crippen LogP contribution is 2.36. The maximum Gasteiger partial charge on any atom is 0.417 e. The number of aromatic amines is 1. The fourth-order valence-corrected chi connectivity index (χ4v) is 4.13. The number of carbonyl (C=O) groups is 4. The zero-order chi connectivity index (χ0) is 30.7. The molecule has 0 aliphatic rings. The van der Waals surface area contributed by atoms with Crippen LogP contribution < -0.4 is 16.4 Å². The maximum absolute atomic E-state index is 13.5. The van der Waals surface area contributed by atoms with E-state index >= 15 is 0 Å². The van der Waals surface area contributed by atoms with Crippen LogP contribution in [0.15, 0.2) is 78.9 Å². The Balaban J connectivity index is 1.83. The summed E-state index contributed by atoms with van der Waals surface area (Å²) in [5.41, 5.74) is 5.00. The van der Waals surface area contributed by atoms with Crippen LogP contribution in [-0.2, 0) is 31.7 Å². The van der Waals surface area contributed by atoms with Crippen LogP contribution in [0.3, 0.4) is 0 Å². The Bertz CT molecular complexity index is 1420. The summed E-state index contributed by atoms with van der Waals surface area (Å²) >= 11 is 0. The number of nitrogens with one attached hydrogen (secondary N) is 3. The average molecular weight is 585 g/mol. The second-order valence-corrected chi connectivity index (χ2v) is 9.28. The molecule has 0 fully saturated rings. The Kier molecular flexibility index (Phi) is 11.1. The van der Waals surface area contributed by atoms with Gasteiger partial charge in [0.2, 0.25) is 11.8 Å². The molecule has 2 atom stereocenters. The highest BCUT2D eigenvalue weighted by atomic mass is 19.4. The lowest BCUT2D eigenvalue weighted by Crippen LogP contribution is -2.50. The van der Waals surface area contributed by atoms with Crippen LogP contribution in [0, 0.1) is 0 Å².